The van der Waals surface area contributed by atoms with Gasteiger partial charge in [-0.25, -0.2) is 0 Å². The maximum Gasteiger partial charge on any atom is 0.416 e. The van der Waals surface area contributed by atoms with Crippen molar-refractivity contribution in [3.05, 3.63) is 23.8 Å². The molecule has 8 heteroatoms. The Morgan fingerprint density at radius 3 is 2.42 bits per heavy atom. The molecule has 0 aromatic heterocycles. The Hall–Kier alpha value is -2.19. The number of nitriles is 2. The van der Waals surface area contributed by atoms with Gasteiger partial charge in [0.05, 0.1) is 11.3 Å². The van der Waals surface area contributed by atoms with E-state index in [9.17, 15) is 13.2 Å². The fraction of sp³-hybridized carbons (Fsp3) is 0.182. The van der Waals surface area contributed by atoms with Crippen LogP contribution in [0.1, 0.15) is 5.56 Å². The number of thioether (sulfide) groups is 1. The van der Waals surface area contributed by atoms with Gasteiger partial charge in [-0.1, -0.05) is 0 Å². The van der Waals surface area contributed by atoms with Gasteiger partial charge in [0.1, 0.15) is 12.1 Å². The quantitative estimate of drug-likeness (QED) is 0.525. The van der Waals surface area contributed by atoms with Gasteiger partial charge in [-0.05, 0) is 24.5 Å². The number of hydrazone groups is 1. The first-order valence-electron chi connectivity index (χ1n) is 4.81. The number of anilines is 1. The smallest absolute Gasteiger partial charge is 0.275 e. The summed E-state index contributed by atoms with van der Waals surface area (Å²) < 4.78 is 37.7. The molecule has 0 aliphatic rings. The van der Waals surface area contributed by atoms with Gasteiger partial charge < -0.3 is 0 Å². The minimum Gasteiger partial charge on any atom is -0.275 e. The Kier molecular flexibility index (Phi) is 4.79. The minimum absolute atomic E-state index is 0.0883. The first kappa shape index (κ1) is 14.9. The summed E-state index contributed by atoms with van der Waals surface area (Å²) in [5.74, 6) is 0. The summed E-state index contributed by atoms with van der Waals surface area (Å²) >= 11 is 1.22. The van der Waals surface area contributed by atoms with Crippen molar-refractivity contribution in [1.82, 2.24) is 0 Å². The van der Waals surface area contributed by atoms with Crippen LogP contribution in [0.15, 0.2) is 28.2 Å². The molecule has 4 nitrogen and oxygen atoms in total. The SMILES string of the molecule is CSc1ccc(C(F)(F)F)cc1NN=C(C#N)C#N. The maximum absolute atomic E-state index is 12.6. The van der Waals surface area contributed by atoms with E-state index in [1.807, 2.05) is 0 Å². The first-order valence-corrected chi connectivity index (χ1v) is 6.04. The molecular weight excluding hydrogens is 277 g/mol. The highest BCUT2D eigenvalue weighted by atomic mass is 32.2. The third-order valence-corrected chi connectivity index (χ3v) is 2.82. The predicted octanol–water partition coefficient (Wildman–Crippen LogP) is 3.24. The van der Waals surface area contributed by atoms with Gasteiger partial charge in [-0.15, -0.1) is 11.8 Å². The van der Waals surface area contributed by atoms with E-state index in [1.54, 1.807) is 6.26 Å². The second-order valence-electron chi connectivity index (χ2n) is 3.21. The largest absolute Gasteiger partial charge is 0.416 e. The van der Waals surface area contributed by atoms with Crippen LogP contribution >= 0.6 is 11.8 Å². The molecule has 19 heavy (non-hydrogen) atoms. The lowest BCUT2D eigenvalue weighted by atomic mass is 10.2. The lowest BCUT2D eigenvalue weighted by Gasteiger charge is -2.11. The monoisotopic (exact) mass is 284 g/mol. The molecule has 0 fully saturated rings. The van der Waals surface area contributed by atoms with Crippen molar-refractivity contribution in [2.75, 3.05) is 11.7 Å². The summed E-state index contributed by atoms with van der Waals surface area (Å²) in [5, 5.41) is 20.4. The van der Waals surface area contributed by atoms with Crippen molar-refractivity contribution >= 4 is 23.2 Å². The average molecular weight is 284 g/mol. The number of rotatable bonds is 3. The summed E-state index contributed by atoms with van der Waals surface area (Å²) in [4.78, 5) is 0.520. The number of alkyl halides is 3. The van der Waals surface area contributed by atoms with E-state index in [2.05, 4.69) is 10.5 Å². The van der Waals surface area contributed by atoms with Crippen molar-refractivity contribution in [2.45, 2.75) is 11.1 Å². The lowest BCUT2D eigenvalue weighted by molar-refractivity contribution is -0.137. The number of benzene rings is 1. The van der Waals surface area contributed by atoms with Crippen LogP contribution in [0.5, 0.6) is 0 Å². The van der Waals surface area contributed by atoms with Gasteiger partial charge in [-0.2, -0.15) is 28.8 Å². The number of nitrogens with one attached hydrogen (secondary N) is 1. The zero-order valence-electron chi connectivity index (χ0n) is 9.62. The molecule has 0 aliphatic heterocycles. The molecule has 0 radical (unpaired) electrons. The second kappa shape index (κ2) is 6.12. The molecule has 0 atom stereocenters. The highest BCUT2D eigenvalue weighted by molar-refractivity contribution is 7.98. The van der Waals surface area contributed by atoms with Crippen LogP contribution in [0.2, 0.25) is 0 Å². The number of hydrogen-bond donors (Lipinski definition) is 1. The van der Waals surface area contributed by atoms with E-state index < -0.39 is 17.5 Å². The maximum atomic E-state index is 12.6. The molecule has 0 saturated heterocycles. The molecular formula is C11H7F3N4S. The van der Waals surface area contributed by atoms with E-state index >= 15 is 0 Å². The number of halogens is 3. The van der Waals surface area contributed by atoms with Crippen LogP contribution in [-0.2, 0) is 6.18 Å². The summed E-state index contributed by atoms with van der Waals surface area (Å²) in [7, 11) is 0. The van der Waals surface area contributed by atoms with Gasteiger partial charge >= 0.3 is 6.18 Å². The Balaban J connectivity index is 3.15. The Labute approximate surface area is 111 Å². The molecule has 98 valence electrons. The third kappa shape index (κ3) is 3.90. The van der Waals surface area contributed by atoms with Gasteiger partial charge in [0.25, 0.3) is 0 Å². The summed E-state index contributed by atoms with van der Waals surface area (Å²) in [6, 6.07) is 6.13. The van der Waals surface area contributed by atoms with Gasteiger partial charge in [0.2, 0.25) is 5.71 Å². The third-order valence-electron chi connectivity index (χ3n) is 2.03. The van der Waals surface area contributed by atoms with Crippen LogP contribution in [0, 0.1) is 22.7 Å². The van der Waals surface area contributed by atoms with Crippen LogP contribution < -0.4 is 5.43 Å². The average Bonchev–Trinajstić information content (AvgIpc) is 2.38. The van der Waals surface area contributed by atoms with Crippen LogP contribution in [-0.4, -0.2) is 12.0 Å². The fourth-order valence-electron chi connectivity index (χ4n) is 1.16. The van der Waals surface area contributed by atoms with Crippen molar-refractivity contribution < 1.29 is 13.2 Å². The topological polar surface area (TPSA) is 72.0 Å². The molecule has 0 heterocycles. The molecule has 0 saturated carbocycles. The molecule has 0 unspecified atom stereocenters. The molecule has 0 bridgehead atoms. The van der Waals surface area contributed by atoms with E-state index in [0.29, 0.717) is 4.90 Å². The van der Waals surface area contributed by atoms with Crippen LogP contribution in [0.4, 0.5) is 18.9 Å². The summed E-state index contributed by atoms with van der Waals surface area (Å²) in [5.41, 5.74) is 1.09. The molecule has 0 amide bonds. The van der Waals surface area contributed by atoms with E-state index in [1.165, 1.54) is 30.0 Å². The first-order chi connectivity index (χ1) is 8.92. The Morgan fingerprint density at radius 1 is 1.32 bits per heavy atom. The van der Waals surface area contributed by atoms with Crippen molar-refractivity contribution in [3.8, 4) is 12.1 Å². The van der Waals surface area contributed by atoms with Crippen molar-refractivity contribution in [1.29, 1.82) is 10.5 Å². The predicted molar refractivity (Wildman–Crippen MR) is 65.5 cm³/mol. The number of nitrogens with zero attached hydrogens (tertiary/aromatic N) is 3. The molecule has 1 rings (SSSR count). The zero-order chi connectivity index (χ0) is 14.5. The number of hydrogen-bond acceptors (Lipinski definition) is 5. The minimum atomic E-state index is -4.47. The molecule has 0 spiro atoms. The van der Waals surface area contributed by atoms with Gasteiger partial charge in [-0.3, -0.25) is 5.43 Å². The van der Waals surface area contributed by atoms with E-state index in [0.717, 1.165) is 12.1 Å². The fourth-order valence-corrected chi connectivity index (χ4v) is 1.69. The van der Waals surface area contributed by atoms with E-state index in [-0.39, 0.29) is 5.69 Å². The lowest BCUT2D eigenvalue weighted by Crippen LogP contribution is -2.06. The highest BCUT2D eigenvalue weighted by Crippen LogP contribution is 2.34. The van der Waals surface area contributed by atoms with Gasteiger partial charge in [0.15, 0.2) is 0 Å². The standard InChI is InChI=1S/C11H7F3N4S/c1-19-10-3-2-7(11(12,13)14)4-9(10)18-17-8(5-15)6-16/h2-4,18H,1H3. The zero-order valence-corrected chi connectivity index (χ0v) is 10.4. The van der Waals surface area contributed by atoms with E-state index in [4.69, 9.17) is 10.5 Å². The summed E-state index contributed by atoms with van der Waals surface area (Å²) in [6.07, 6.45) is -2.78. The van der Waals surface area contributed by atoms with Crippen LogP contribution in [0.3, 0.4) is 0 Å². The molecule has 1 aromatic rings. The second-order valence-corrected chi connectivity index (χ2v) is 4.06. The van der Waals surface area contributed by atoms with Crippen molar-refractivity contribution in [3.63, 3.8) is 0 Å². The molecule has 1 aromatic carbocycles. The van der Waals surface area contributed by atoms with Crippen LogP contribution in [0.25, 0.3) is 0 Å². The molecule has 0 aliphatic carbocycles. The van der Waals surface area contributed by atoms with Crippen molar-refractivity contribution in [2.24, 2.45) is 5.10 Å². The highest BCUT2D eigenvalue weighted by Gasteiger charge is 2.31. The van der Waals surface area contributed by atoms with Gasteiger partial charge in [0, 0.05) is 4.90 Å². The molecule has 1 N–H and O–H groups in total. The summed E-state index contributed by atoms with van der Waals surface area (Å²) in [6.45, 7) is 0. The Bertz CT molecular complexity index is 565. The normalized spacial score (nSPS) is 10.2. The Morgan fingerprint density at radius 2 is 1.95 bits per heavy atom.